The topological polar surface area (TPSA) is 23.6 Å². The first kappa shape index (κ1) is 16.9. The lowest BCUT2D eigenvalue weighted by Crippen LogP contribution is -2.49. The SMILES string of the molecule is CC(C)CC(=O)N1CCN(c2ccc(C(C)(C)C)cc2)CC1. The molecule has 2 rings (SSSR count). The molecule has 0 saturated carbocycles. The van der Waals surface area contributed by atoms with E-state index in [1.807, 2.05) is 4.90 Å². The van der Waals surface area contributed by atoms with Crippen molar-refractivity contribution in [1.29, 1.82) is 0 Å². The molecule has 1 saturated heterocycles. The fourth-order valence-electron chi connectivity index (χ4n) is 2.86. The average Bonchev–Trinajstić information content (AvgIpc) is 2.46. The lowest BCUT2D eigenvalue weighted by atomic mass is 9.87. The number of rotatable bonds is 3. The maximum absolute atomic E-state index is 12.1. The summed E-state index contributed by atoms with van der Waals surface area (Å²) in [7, 11) is 0. The minimum Gasteiger partial charge on any atom is -0.368 e. The van der Waals surface area contributed by atoms with Crippen LogP contribution in [-0.2, 0) is 10.2 Å². The molecular formula is C19H30N2O. The van der Waals surface area contributed by atoms with Gasteiger partial charge in [0.15, 0.2) is 0 Å². The molecule has 122 valence electrons. The third-order valence-electron chi connectivity index (χ3n) is 4.31. The Labute approximate surface area is 135 Å². The summed E-state index contributed by atoms with van der Waals surface area (Å²) in [5.41, 5.74) is 2.83. The minimum absolute atomic E-state index is 0.195. The van der Waals surface area contributed by atoms with Crippen LogP contribution in [0.5, 0.6) is 0 Å². The Hall–Kier alpha value is -1.51. The minimum atomic E-state index is 0.195. The van der Waals surface area contributed by atoms with Gasteiger partial charge in [-0.3, -0.25) is 4.79 Å². The number of hydrogen-bond donors (Lipinski definition) is 0. The summed E-state index contributed by atoms with van der Waals surface area (Å²) in [6.45, 7) is 14.5. The van der Waals surface area contributed by atoms with Crippen LogP contribution in [0.1, 0.15) is 46.6 Å². The quantitative estimate of drug-likeness (QED) is 0.850. The van der Waals surface area contributed by atoms with Crippen LogP contribution in [0, 0.1) is 5.92 Å². The Kier molecular flexibility index (Phi) is 5.15. The molecule has 22 heavy (non-hydrogen) atoms. The maximum Gasteiger partial charge on any atom is 0.222 e. The van der Waals surface area contributed by atoms with Crippen molar-refractivity contribution in [1.82, 2.24) is 4.90 Å². The number of anilines is 1. The number of piperazine rings is 1. The van der Waals surface area contributed by atoms with Gasteiger partial charge in [-0.2, -0.15) is 0 Å². The molecule has 3 nitrogen and oxygen atoms in total. The van der Waals surface area contributed by atoms with Crippen LogP contribution in [0.2, 0.25) is 0 Å². The van der Waals surface area contributed by atoms with E-state index in [0.29, 0.717) is 18.2 Å². The molecule has 1 amide bonds. The van der Waals surface area contributed by atoms with Crippen LogP contribution in [0.4, 0.5) is 5.69 Å². The largest absolute Gasteiger partial charge is 0.368 e. The summed E-state index contributed by atoms with van der Waals surface area (Å²) in [6.07, 6.45) is 0.667. The van der Waals surface area contributed by atoms with Crippen molar-refractivity contribution in [2.75, 3.05) is 31.1 Å². The molecule has 1 aliphatic rings. The lowest BCUT2D eigenvalue weighted by molar-refractivity contribution is -0.132. The van der Waals surface area contributed by atoms with E-state index < -0.39 is 0 Å². The van der Waals surface area contributed by atoms with Crippen molar-refractivity contribution in [3.63, 3.8) is 0 Å². The summed E-state index contributed by atoms with van der Waals surface area (Å²) in [5, 5.41) is 0. The molecule has 0 atom stereocenters. The summed E-state index contributed by atoms with van der Waals surface area (Å²) in [4.78, 5) is 16.5. The van der Waals surface area contributed by atoms with E-state index in [0.717, 1.165) is 26.2 Å². The number of amides is 1. The molecule has 1 heterocycles. The zero-order valence-corrected chi connectivity index (χ0v) is 14.7. The van der Waals surface area contributed by atoms with Gasteiger partial charge in [0.2, 0.25) is 5.91 Å². The van der Waals surface area contributed by atoms with Gasteiger partial charge in [-0.25, -0.2) is 0 Å². The Morgan fingerprint density at radius 3 is 2.05 bits per heavy atom. The van der Waals surface area contributed by atoms with E-state index in [4.69, 9.17) is 0 Å². The first-order valence-electron chi connectivity index (χ1n) is 8.40. The molecule has 0 N–H and O–H groups in total. The molecule has 3 heteroatoms. The summed E-state index contributed by atoms with van der Waals surface area (Å²) < 4.78 is 0. The predicted molar refractivity (Wildman–Crippen MR) is 93.4 cm³/mol. The molecule has 0 radical (unpaired) electrons. The van der Waals surface area contributed by atoms with E-state index in [-0.39, 0.29) is 5.41 Å². The van der Waals surface area contributed by atoms with Gasteiger partial charge < -0.3 is 9.80 Å². The zero-order valence-electron chi connectivity index (χ0n) is 14.7. The molecule has 1 fully saturated rings. The Morgan fingerprint density at radius 2 is 1.59 bits per heavy atom. The highest BCUT2D eigenvalue weighted by atomic mass is 16.2. The van der Waals surface area contributed by atoms with Crippen molar-refractivity contribution >= 4 is 11.6 Å². The van der Waals surface area contributed by atoms with Crippen molar-refractivity contribution in [2.45, 2.75) is 46.5 Å². The van der Waals surface area contributed by atoms with Gasteiger partial charge in [-0.05, 0) is 29.0 Å². The number of benzene rings is 1. The Balaban J connectivity index is 1.93. The van der Waals surface area contributed by atoms with E-state index >= 15 is 0 Å². The van der Waals surface area contributed by atoms with Gasteiger partial charge in [-0.15, -0.1) is 0 Å². The number of nitrogens with zero attached hydrogens (tertiary/aromatic N) is 2. The lowest BCUT2D eigenvalue weighted by Gasteiger charge is -2.36. The summed E-state index contributed by atoms with van der Waals surface area (Å²) in [5.74, 6) is 0.744. The van der Waals surface area contributed by atoms with Crippen LogP contribution in [0.25, 0.3) is 0 Å². The normalized spacial score (nSPS) is 16.3. The molecular weight excluding hydrogens is 272 g/mol. The second-order valence-corrected chi connectivity index (χ2v) is 7.76. The van der Waals surface area contributed by atoms with Gasteiger partial charge in [-0.1, -0.05) is 46.8 Å². The molecule has 0 bridgehead atoms. The van der Waals surface area contributed by atoms with Crippen LogP contribution < -0.4 is 4.90 Å². The van der Waals surface area contributed by atoms with E-state index in [1.165, 1.54) is 11.3 Å². The van der Waals surface area contributed by atoms with Crippen molar-refractivity contribution in [3.05, 3.63) is 29.8 Å². The predicted octanol–water partition coefficient (Wildman–Crippen LogP) is 3.68. The monoisotopic (exact) mass is 302 g/mol. The molecule has 0 spiro atoms. The number of carbonyl (C=O) groups is 1. The van der Waals surface area contributed by atoms with Crippen molar-refractivity contribution < 1.29 is 4.79 Å². The van der Waals surface area contributed by atoms with Crippen molar-refractivity contribution in [3.8, 4) is 0 Å². The van der Waals surface area contributed by atoms with E-state index in [2.05, 4.69) is 63.8 Å². The van der Waals surface area contributed by atoms with Gasteiger partial charge in [0, 0.05) is 38.3 Å². The van der Waals surface area contributed by atoms with Gasteiger partial charge in [0.05, 0.1) is 0 Å². The van der Waals surface area contributed by atoms with Crippen LogP contribution in [0.15, 0.2) is 24.3 Å². The van der Waals surface area contributed by atoms with E-state index in [9.17, 15) is 4.79 Å². The highest BCUT2D eigenvalue weighted by Crippen LogP contribution is 2.25. The summed E-state index contributed by atoms with van der Waals surface area (Å²) >= 11 is 0. The van der Waals surface area contributed by atoms with Crippen LogP contribution in [-0.4, -0.2) is 37.0 Å². The highest BCUT2D eigenvalue weighted by Gasteiger charge is 2.22. The standard InChI is InChI=1S/C19H30N2O/c1-15(2)14-18(22)21-12-10-20(11-13-21)17-8-6-16(7-9-17)19(3,4)5/h6-9,15H,10-14H2,1-5H3. The summed E-state index contributed by atoms with van der Waals surface area (Å²) in [6, 6.07) is 8.88. The second-order valence-electron chi connectivity index (χ2n) is 7.76. The highest BCUT2D eigenvalue weighted by molar-refractivity contribution is 5.76. The Morgan fingerprint density at radius 1 is 1.05 bits per heavy atom. The number of hydrogen-bond acceptors (Lipinski definition) is 2. The smallest absolute Gasteiger partial charge is 0.222 e. The zero-order chi connectivity index (χ0) is 16.3. The van der Waals surface area contributed by atoms with Crippen LogP contribution >= 0.6 is 0 Å². The molecule has 1 aromatic carbocycles. The maximum atomic E-state index is 12.1. The molecule has 0 aromatic heterocycles. The fraction of sp³-hybridized carbons (Fsp3) is 0.632. The number of carbonyl (C=O) groups excluding carboxylic acids is 1. The first-order chi connectivity index (χ1) is 10.3. The van der Waals surface area contributed by atoms with Gasteiger partial charge in [0.1, 0.15) is 0 Å². The second kappa shape index (κ2) is 6.72. The van der Waals surface area contributed by atoms with Gasteiger partial charge in [0.25, 0.3) is 0 Å². The Bertz CT molecular complexity index is 491. The third-order valence-corrected chi connectivity index (χ3v) is 4.31. The molecule has 0 aliphatic carbocycles. The third kappa shape index (κ3) is 4.25. The first-order valence-corrected chi connectivity index (χ1v) is 8.40. The molecule has 1 aliphatic heterocycles. The molecule has 1 aromatic rings. The van der Waals surface area contributed by atoms with Crippen LogP contribution in [0.3, 0.4) is 0 Å². The van der Waals surface area contributed by atoms with Gasteiger partial charge >= 0.3 is 0 Å². The van der Waals surface area contributed by atoms with Crippen molar-refractivity contribution in [2.24, 2.45) is 5.92 Å². The molecule has 0 unspecified atom stereocenters. The fourth-order valence-corrected chi connectivity index (χ4v) is 2.86. The average molecular weight is 302 g/mol. The van der Waals surface area contributed by atoms with E-state index in [1.54, 1.807) is 0 Å².